The molecule has 0 spiro atoms. The molecule has 0 aliphatic rings. The van der Waals surface area contributed by atoms with Crippen molar-refractivity contribution in [2.75, 3.05) is 0 Å². The minimum atomic E-state index is -0.0764. The number of rotatable bonds is 3. The summed E-state index contributed by atoms with van der Waals surface area (Å²) in [6, 6.07) is 10.8. The summed E-state index contributed by atoms with van der Waals surface area (Å²) in [5.74, 6) is 0.570. The first-order valence-electron chi connectivity index (χ1n) is 6.70. The van der Waals surface area contributed by atoms with Gasteiger partial charge in [0.1, 0.15) is 5.65 Å². The first-order chi connectivity index (χ1) is 10.8. The van der Waals surface area contributed by atoms with E-state index >= 15 is 0 Å². The van der Waals surface area contributed by atoms with Gasteiger partial charge in [-0.3, -0.25) is 9.20 Å². The molecule has 22 heavy (non-hydrogen) atoms. The van der Waals surface area contributed by atoms with Crippen LogP contribution in [0, 0.1) is 0 Å². The number of nitrogens with one attached hydrogen (secondary N) is 1. The van der Waals surface area contributed by atoms with Gasteiger partial charge in [-0.15, -0.1) is 0 Å². The van der Waals surface area contributed by atoms with Crippen LogP contribution in [-0.2, 0) is 5.75 Å². The van der Waals surface area contributed by atoms with Crippen molar-refractivity contribution in [3.05, 3.63) is 64.8 Å². The van der Waals surface area contributed by atoms with E-state index < -0.39 is 0 Å². The second kappa shape index (κ2) is 5.27. The first-order valence-corrected chi connectivity index (χ1v) is 7.69. The Balaban J connectivity index is 1.62. The quantitative estimate of drug-likeness (QED) is 0.587. The molecule has 4 aromatic rings. The standard InChI is InChI=1S/C15H11N5OS/c21-13-8-10(17-12-5-1-2-7-20(12)13)9-22-15-18-11-4-3-6-16-14(11)19-15/h1-8H,9H2,(H,16,18,19). The van der Waals surface area contributed by atoms with Crippen molar-refractivity contribution in [2.45, 2.75) is 10.9 Å². The number of aromatic nitrogens is 5. The minimum Gasteiger partial charge on any atom is -0.332 e. The Morgan fingerprint density at radius 1 is 1.18 bits per heavy atom. The monoisotopic (exact) mass is 309 g/mol. The molecular formula is C15H11N5OS. The van der Waals surface area contributed by atoms with E-state index in [2.05, 4.69) is 19.9 Å². The summed E-state index contributed by atoms with van der Waals surface area (Å²) in [5.41, 5.74) is 2.90. The van der Waals surface area contributed by atoms with Crippen molar-refractivity contribution in [2.24, 2.45) is 0 Å². The number of nitrogens with zero attached hydrogens (tertiary/aromatic N) is 4. The van der Waals surface area contributed by atoms with E-state index in [1.165, 1.54) is 16.2 Å². The highest BCUT2D eigenvalue weighted by atomic mass is 32.2. The SMILES string of the molecule is O=c1cc(CSc2nc3ncccc3[nH]2)nc2ccccn12. The Morgan fingerprint density at radius 3 is 3.05 bits per heavy atom. The van der Waals surface area contributed by atoms with E-state index in [1.807, 2.05) is 30.3 Å². The summed E-state index contributed by atoms with van der Waals surface area (Å²) < 4.78 is 1.53. The van der Waals surface area contributed by atoms with Crippen molar-refractivity contribution in [3.8, 4) is 0 Å². The van der Waals surface area contributed by atoms with Gasteiger partial charge in [-0.1, -0.05) is 17.8 Å². The second-order valence-corrected chi connectivity index (χ2v) is 5.68. The van der Waals surface area contributed by atoms with Crippen LogP contribution in [0.1, 0.15) is 5.69 Å². The molecule has 0 radical (unpaired) electrons. The third-order valence-corrected chi connectivity index (χ3v) is 4.12. The number of hydrogen-bond donors (Lipinski definition) is 1. The highest BCUT2D eigenvalue weighted by Crippen LogP contribution is 2.21. The number of thioether (sulfide) groups is 1. The number of H-pyrrole nitrogens is 1. The number of imidazole rings is 1. The molecule has 0 saturated carbocycles. The number of hydrogen-bond acceptors (Lipinski definition) is 5. The maximum absolute atomic E-state index is 12.0. The Labute approximate surface area is 129 Å². The Hall–Kier alpha value is -2.67. The van der Waals surface area contributed by atoms with Gasteiger partial charge >= 0.3 is 0 Å². The van der Waals surface area contributed by atoms with Crippen molar-refractivity contribution in [1.82, 2.24) is 24.3 Å². The van der Waals surface area contributed by atoms with E-state index in [1.54, 1.807) is 18.5 Å². The first kappa shape index (κ1) is 13.0. The molecule has 0 atom stereocenters. The van der Waals surface area contributed by atoms with Crippen molar-refractivity contribution in [1.29, 1.82) is 0 Å². The van der Waals surface area contributed by atoms with Gasteiger partial charge < -0.3 is 4.98 Å². The molecule has 0 unspecified atom stereocenters. The molecule has 1 N–H and O–H groups in total. The van der Waals surface area contributed by atoms with Crippen LogP contribution < -0.4 is 5.56 Å². The van der Waals surface area contributed by atoms with Gasteiger partial charge in [0.2, 0.25) is 0 Å². The van der Waals surface area contributed by atoms with E-state index in [4.69, 9.17) is 0 Å². The van der Waals surface area contributed by atoms with Gasteiger partial charge in [0, 0.05) is 24.2 Å². The van der Waals surface area contributed by atoms with E-state index in [0.717, 1.165) is 16.4 Å². The molecule has 0 bridgehead atoms. The third kappa shape index (κ3) is 2.35. The summed E-state index contributed by atoms with van der Waals surface area (Å²) in [7, 11) is 0. The normalized spacial score (nSPS) is 11.3. The zero-order chi connectivity index (χ0) is 14.9. The van der Waals surface area contributed by atoms with Gasteiger partial charge in [0.05, 0.1) is 11.2 Å². The van der Waals surface area contributed by atoms with Gasteiger partial charge in [0.25, 0.3) is 5.56 Å². The van der Waals surface area contributed by atoms with Crippen LogP contribution in [0.5, 0.6) is 0 Å². The summed E-state index contributed by atoms with van der Waals surface area (Å²) in [4.78, 5) is 28.3. The molecule has 4 heterocycles. The molecule has 7 heteroatoms. The zero-order valence-electron chi connectivity index (χ0n) is 11.4. The minimum absolute atomic E-state index is 0.0764. The van der Waals surface area contributed by atoms with Gasteiger partial charge in [-0.2, -0.15) is 0 Å². The average Bonchev–Trinajstić information content (AvgIpc) is 2.96. The van der Waals surface area contributed by atoms with Crippen molar-refractivity contribution < 1.29 is 0 Å². The fourth-order valence-electron chi connectivity index (χ4n) is 2.21. The lowest BCUT2D eigenvalue weighted by Gasteiger charge is -2.02. The molecule has 0 aromatic carbocycles. The molecule has 0 fully saturated rings. The largest absolute Gasteiger partial charge is 0.332 e. The van der Waals surface area contributed by atoms with Crippen LogP contribution in [0.2, 0.25) is 0 Å². The molecular weight excluding hydrogens is 298 g/mol. The number of aromatic amines is 1. The van der Waals surface area contributed by atoms with Crippen LogP contribution in [0.3, 0.4) is 0 Å². The summed E-state index contributed by atoms with van der Waals surface area (Å²) in [6.07, 6.45) is 3.43. The van der Waals surface area contributed by atoms with Crippen molar-refractivity contribution in [3.63, 3.8) is 0 Å². The predicted octanol–water partition coefficient (Wildman–Crippen LogP) is 2.26. The van der Waals surface area contributed by atoms with Crippen LogP contribution in [0.4, 0.5) is 0 Å². The van der Waals surface area contributed by atoms with Gasteiger partial charge in [-0.25, -0.2) is 15.0 Å². The topological polar surface area (TPSA) is 75.9 Å². The molecule has 0 aliphatic carbocycles. The lowest BCUT2D eigenvalue weighted by Crippen LogP contribution is -2.14. The Morgan fingerprint density at radius 2 is 2.14 bits per heavy atom. The fourth-order valence-corrected chi connectivity index (χ4v) is 2.98. The molecule has 6 nitrogen and oxygen atoms in total. The molecule has 0 amide bonds. The van der Waals surface area contributed by atoms with Crippen molar-refractivity contribution >= 4 is 28.6 Å². The summed E-state index contributed by atoms with van der Waals surface area (Å²) >= 11 is 1.50. The van der Waals surface area contributed by atoms with Gasteiger partial charge in [-0.05, 0) is 24.3 Å². The Bertz CT molecular complexity index is 990. The van der Waals surface area contributed by atoms with E-state index in [-0.39, 0.29) is 5.56 Å². The smallest absolute Gasteiger partial charge is 0.258 e. The maximum atomic E-state index is 12.0. The predicted molar refractivity (Wildman–Crippen MR) is 84.9 cm³/mol. The number of pyridine rings is 2. The number of fused-ring (bicyclic) bond motifs is 2. The molecule has 0 aliphatic heterocycles. The van der Waals surface area contributed by atoms with E-state index in [0.29, 0.717) is 17.0 Å². The molecule has 4 rings (SSSR count). The third-order valence-electron chi connectivity index (χ3n) is 3.22. The highest BCUT2D eigenvalue weighted by Gasteiger charge is 2.06. The molecule has 108 valence electrons. The summed E-state index contributed by atoms with van der Waals surface area (Å²) in [5, 5.41) is 0.767. The maximum Gasteiger partial charge on any atom is 0.258 e. The summed E-state index contributed by atoms with van der Waals surface area (Å²) in [6.45, 7) is 0. The highest BCUT2D eigenvalue weighted by molar-refractivity contribution is 7.98. The Kier molecular flexibility index (Phi) is 3.12. The van der Waals surface area contributed by atoms with Crippen LogP contribution in [0.15, 0.2) is 58.7 Å². The van der Waals surface area contributed by atoms with Crippen LogP contribution in [0.25, 0.3) is 16.8 Å². The van der Waals surface area contributed by atoms with E-state index in [9.17, 15) is 4.79 Å². The fraction of sp³-hybridized carbons (Fsp3) is 0.0667. The van der Waals surface area contributed by atoms with Gasteiger partial charge in [0.15, 0.2) is 10.8 Å². The lowest BCUT2D eigenvalue weighted by molar-refractivity contribution is 1.01. The molecule has 4 aromatic heterocycles. The second-order valence-electron chi connectivity index (χ2n) is 4.72. The zero-order valence-corrected chi connectivity index (χ0v) is 12.2. The lowest BCUT2D eigenvalue weighted by atomic mass is 10.4. The van der Waals surface area contributed by atoms with Crippen LogP contribution >= 0.6 is 11.8 Å². The molecule has 0 saturated heterocycles. The van der Waals surface area contributed by atoms with Crippen LogP contribution in [-0.4, -0.2) is 24.3 Å². The average molecular weight is 309 g/mol.